The number of hydrogen-bond donors (Lipinski definition) is 2. The van der Waals surface area contributed by atoms with Gasteiger partial charge in [-0.25, -0.2) is 8.42 Å². The van der Waals surface area contributed by atoms with Crippen molar-refractivity contribution in [2.24, 2.45) is 0 Å². The van der Waals surface area contributed by atoms with E-state index >= 15 is 0 Å². The maximum Gasteiger partial charge on any atom is 0.243 e. The highest BCUT2D eigenvalue weighted by atomic mass is 35.5. The maximum absolute atomic E-state index is 12.3. The van der Waals surface area contributed by atoms with Gasteiger partial charge in [0.15, 0.2) is 0 Å². The van der Waals surface area contributed by atoms with Crippen LogP contribution in [0.3, 0.4) is 0 Å². The number of nitrogens with two attached hydrogens (primary N) is 1. The van der Waals surface area contributed by atoms with Gasteiger partial charge < -0.3 is 11.1 Å². The van der Waals surface area contributed by atoms with Gasteiger partial charge in [-0.2, -0.15) is 4.31 Å². The molecule has 1 amide bonds. The van der Waals surface area contributed by atoms with Crippen molar-refractivity contribution in [3.8, 4) is 0 Å². The zero-order chi connectivity index (χ0) is 16.4. The first-order valence-corrected chi connectivity index (χ1v) is 8.07. The number of sulfonamides is 1. The van der Waals surface area contributed by atoms with E-state index in [0.29, 0.717) is 0 Å². The number of hydrogen-bond acceptors (Lipinski definition) is 4. The summed E-state index contributed by atoms with van der Waals surface area (Å²) in [6.45, 7) is 5.18. The van der Waals surface area contributed by atoms with Gasteiger partial charge >= 0.3 is 0 Å². The Bertz CT molecular complexity index is 639. The van der Waals surface area contributed by atoms with E-state index in [0.717, 1.165) is 4.31 Å². The molecule has 0 aliphatic heterocycles. The predicted octanol–water partition coefficient (Wildman–Crippen LogP) is 1.46. The first-order valence-electron chi connectivity index (χ1n) is 6.26. The van der Waals surface area contributed by atoms with Crippen molar-refractivity contribution in [3.05, 3.63) is 23.2 Å². The average Bonchev–Trinajstić information content (AvgIpc) is 2.29. The molecule has 0 aliphatic carbocycles. The van der Waals surface area contributed by atoms with Crippen LogP contribution >= 0.6 is 11.6 Å². The molecule has 1 rings (SSSR count). The molecule has 0 spiro atoms. The van der Waals surface area contributed by atoms with Crippen LogP contribution in [-0.2, 0) is 14.8 Å². The number of nitrogens with one attached hydrogen (secondary N) is 1. The molecule has 0 fully saturated rings. The summed E-state index contributed by atoms with van der Waals surface area (Å²) in [6.07, 6.45) is 0. The van der Waals surface area contributed by atoms with Crippen LogP contribution in [0.2, 0.25) is 5.02 Å². The quantitative estimate of drug-likeness (QED) is 0.816. The van der Waals surface area contributed by atoms with Gasteiger partial charge in [0.05, 0.1) is 22.2 Å². The molecule has 0 aromatic heterocycles. The van der Waals surface area contributed by atoms with Gasteiger partial charge in [0.1, 0.15) is 0 Å². The average molecular weight is 334 g/mol. The smallest absolute Gasteiger partial charge is 0.243 e. The number of rotatable bonds is 4. The Morgan fingerprint density at radius 2 is 1.95 bits per heavy atom. The molecule has 0 atom stereocenters. The van der Waals surface area contributed by atoms with E-state index < -0.39 is 15.6 Å². The second-order valence-corrected chi connectivity index (χ2v) is 8.19. The highest BCUT2D eigenvalue weighted by Crippen LogP contribution is 2.23. The molecule has 0 unspecified atom stereocenters. The standard InChI is InChI=1S/C13H20ClN3O3S/c1-13(2,3)16-12(18)8-17(4)21(19,20)9-5-6-10(14)11(15)7-9/h5-7H,8,15H2,1-4H3,(H,16,18). The summed E-state index contributed by atoms with van der Waals surface area (Å²) < 4.78 is 25.7. The summed E-state index contributed by atoms with van der Waals surface area (Å²) in [5.74, 6) is -0.379. The molecule has 1 aromatic carbocycles. The number of likely N-dealkylation sites (N-methyl/N-ethyl adjacent to an activating group) is 1. The topological polar surface area (TPSA) is 92.5 Å². The normalized spacial score (nSPS) is 12.5. The van der Waals surface area contributed by atoms with Crippen molar-refractivity contribution in [1.29, 1.82) is 0 Å². The van der Waals surface area contributed by atoms with Crippen molar-refractivity contribution >= 4 is 33.2 Å². The van der Waals surface area contributed by atoms with E-state index in [4.69, 9.17) is 17.3 Å². The SMILES string of the molecule is CN(CC(=O)NC(C)(C)C)S(=O)(=O)c1ccc(Cl)c(N)c1. The van der Waals surface area contributed by atoms with E-state index in [-0.39, 0.29) is 28.1 Å². The van der Waals surface area contributed by atoms with E-state index in [9.17, 15) is 13.2 Å². The molecular weight excluding hydrogens is 314 g/mol. The Morgan fingerprint density at radius 1 is 1.38 bits per heavy atom. The summed E-state index contributed by atoms with van der Waals surface area (Å²) in [6, 6.07) is 4.04. The molecule has 118 valence electrons. The van der Waals surface area contributed by atoms with Crippen molar-refractivity contribution in [1.82, 2.24) is 9.62 Å². The van der Waals surface area contributed by atoms with Gasteiger partial charge in [0.25, 0.3) is 0 Å². The van der Waals surface area contributed by atoms with Gasteiger partial charge in [-0.15, -0.1) is 0 Å². The van der Waals surface area contributed by atoms with Crippen LogP contribution in [0, 0.1) is 0 Å². The molecular formula is C13H20ClN3O3S. The predicted molar refractivity (Wildman–Crippen MR) is 83.6 cm³/mol. The minimum absolute atomic E-state index is 0.00420. The van der Waals surface area contributed by atoms with Crippen molar-refractivity contribution < 1.29 is 13.2 Å². The minimum Gasteiger partial charge on any atom is -0.397 e. The summed E-state index contributed by atoms with van der Waals surface area (Å²) in [5.41, 5.74) is 5.36. The van der Waals surface area contributed by atoms with E-state index in [2.05, 4.69) is 5.32 Å². The summed E-state index contributed by atoms with van der Waals surface area (Å²) >= 11 is 5.77. The summed E-state index contributed by atoms with van der Waals surface area (Å²) in [4.78, 5) is 11.8. The van der Waals surface area contributed by atoms with Crippen LogP contribution in [-0.4, -0.2) is 37.8 Å². The van der Waals surface area contributed by atoms with E-state index in [1.807, 2.05) is 20.8 Å². The lowest BCUT2D eigenvalue weighted by atomic mass is 10.1. The Balaban J connectivity index is 2.92. The van der Waals surface area contributed by atoms with E-state index in [1.54, 1.807) is 0 Å². The van der Waals surface area contributed by atoms with Gasteiger partial charge in [0.2, 0.25) is 15.9 Å². The zero-order valence-corrected chi connectivity index (χ0v) is 14.0. The number of carbonyl (C=O) groups excluding carboxylic acids is 1. The Kier molecular flexibility index (Phi) is 5.25. The van der Waals surface area contributed by atoms with Crippen molar-refractivity contribution in [2.75, 3.05) is 19.3 Å². The second-order valence-electron chi connectivity index (χ2n) is 5.74. The number of amides is 1. The van der Waals surface area contributed by atoms with Crippen LogP contribution in [0.1, 0.15) is 20.8 Å². The molecule has 0 aliphatic rings. The maximum atomic E-state index is 12.3. The highest BCUT2D eigenvalue weighted by molar-refractivity contribution is 7.89. The van der Waals surface area contributed by atoms with E-state index in [1.165, 1.54) is 25.2 Å². The van der Waals surface area contributed by atoms with Gasteiger partial charge in [-0.05, 0) is 39.0 Å². The highest BCUT2D eigenvalue weighted by Gasteiger charge is 2.25. The number of nitrogens with zero attached hydrogens (tertiary/aromatic N) is 1. The van der Waals surface area contributed by atoms with Crippen molar-refractivity contribution in [3.63, 3.8) is 0 Å². The lowest BCUT2D eigenvalue weighted by molar-refractivity contribution is -0.122. The van der Waals surface area contributed by atoms with Crippen LogP contribution < -0.4 is 11.1 Å². The van der Waals surface area contributed by atoms with Crippen LogP contribution in [0.15, 0.2) is 23.1 Å². The molecule has 0 saturated carbocycles. The monoisotopic (exact) mass is 333 g/mol. The fourth-order valence-electron chi connectivity index (χ4n) is 1.61. The van der Waals surface area contributed by atoms with Crippen LogP contribution in [0.5, 0.6) is 0 Å². The Labute approximate surface area is 130 Å². The third-order valence-corrected chi connectivity index (χ3v) is 4.70. The van der Waals surface area contributed by atoms with Crippen molar-refractivity contribution in [2.45, 2.75) is 31.2 Å². The lowest BCUT2D eigenvalue weighted by Crippen LogP contribution is -2.46. The molecule has 0 heterocycles. The largest absolute Gasteiger partial charge is 0.397 e. The first-order chi connectivity index (χ1) is 9.43. The number of halogens is 1. The third-order valence-electron chi connectivity index (χ3n) is 2.56. The molecule has 6 nitrogen and oxygen atoms in total. The zero-order valence-electron chi connectivity index (χ0n) is 12.5. The first kappa shape index (κ1) is 17.7. The molecule has 0 radical (unpaired) electrons. The molecule has 8 heteroatoms. The Hall–Kier alpha value is -1.31. The number of benzene rings is 1. The van der Waals surface area contributed by atoms with Gasteiger partial charge in [-0.3, -0.25) is 4.79 Å². The van der Waals surface area contributed by atoms with Crippen LogP contribution in [0.4, 0.5) is 5.69 Å². The molecule has 0 saturated heterocycles. The summed E-state index contributed by atoms with van der Waals surface area (Å²) in [5, 5.41) is 2.98. The fraction of sp³-hybridized carbons (Fsp3) is 0.462. The number of nitrogen functional groups attached to an aromatic ring is 1. The second kappa shape index (κ2) is 6.21. The molecule has 21 heavy (non-hydrogen) atoms. The number of anilines is 1. The third kappa shape index (κ3) is 4.87. The molecule has 0 bridgehead atoms. The lowest BCUT2D eigenvalue weighted by Gasteiger charge is -2.23. The Morgan fingerprint density at radius 3 is 2.43 bits per heavy atom. The summed E-state index contributed by atoms with van der Waals surface area (Å²) in [7, 11) is -2.46. The van der Waals surface area contributed by atoms with Gasteiger partial charge in [0, 0.05) is 12.6 Å². The molecule has 3 N–H and O–H groups in total. The number of carbonyl (C=O) groups is 1. The fourth-order valence-corrected chi connectivity index (χ4v) is 2.89. The minimum atomic E-state index is -3.80. The molecule has 1 aromatic rings. The van der Waals surface area contributed by atoms with Crippen LogP contribution in [0.25, 0.3) is 0 Å². The van der Waals surface area contributed by atoms with Gasteiger partial charge in [-0.1, -0.05) is 11.6 Å².